The van der Waals surface area contributed by atoms with E-state index < -0.39 is 0 Å². The molecule has 3 aromatic rings. The second-order valence-corrected chi connectivity index (χ2v) is 7.38. The second-order valence-electron chi connectivity index (χ2n) is 7.38. The first kappa shape index (κ1) is 16.7. The molecule has 2 aliphatic heterocycles. The highest BCUT2D eigenvalue weighted by atomic mass is 16.5. The molecule has 2 heterocycles. The Hall–Kier alpha value is -2.50. The van der Waals surface area contributed by atoms with Crippen LogP contribution in [0.2, 0.25) is 0 Å². The molecule has 0 spiro atoms. The summed E-state index contributed by atoms with van der Waals surface area (Å²) in [4.78, 5) is 2.56. The molecular formula is C22H24BN3O. The summed E-state index contributed by atoms with van der Waals surface area (Å²) in [6.07, 6.45) is 1.00. The van der Waals surface area contributed by atoms with Crippen molar-refractivity contribution in [3.05, 3.63) is 72.3 Å². The number of nitrogens with one attached hydrogen (secondary N) is 2. The number of morpholine rings is 1. The summed E-state index contributed by atoms with van der Waals surface area (Å²) in [5.41, 5.74) is 3.81. The molecule has 2 aliphatic rings. The molecule has 0 unspecified atom stereocenters. The highest BCUT2D eigenvalue weighted by Crippen LogP contribution is 2.35. The molecule has 4 nitrogen and oxygen atoms in total. The molecule has 5 rings (SSSR count). The van der Waals surface area contributed by atoms with Gasteiger partial charge in [-0.3, -0.25) is 4.90 Å². The van der Waals surface area contributed by atoms with Gasteiger partial charge in [0, 0.05) is 35.8 Å². The first-order valence-electron chi connectivity index (χ1n) is 9.79. The lowest BCUT2D eigenvalue weighted by atomic mass is 9.62. The van der Waals surface area contributed by atoms with E-state index in [-0.39, 0.29) is 6.98 Å². The fraction of sp³-hybridized carbons (Fsp3) is 0.273. The summed E-state index contributed by atoms with van der Waals surface area (Å²) in [6, 6.07) is 23.8. The summed E-state index contributed by atoms with van der Waals surface area (Å²) in [5, 5.41) is 10.1. The van der Waals surface area contributed by atoms with Gasteiger partial charge in [-0.1, -0.05) is 54.6 Å². The van der Waals surface area contributed by atoms with Crippen molar-refractivity contribution in [2.75, 3.05) is 36.8 Å². The predicted octanol–water partition coefficient (Wildman–Crippen LogP) is 3.65. The van der Waals surface area contributed by atoms with Crippen LogP contribution in [0.4, 0.5) is 11.4 Å². The van der Waals surface area contributed by atoms with Gasteiger partial charge in [0.25, 0.3) is 0 Å². The molecule has 5 heteroatoms. The van der Waals surface area contributed by atoms with Crippen LogP contribution in [-0.4, -0.2) is 44.1 Å². The first-order chi connectivity index (χ1) is 13.4. The Labute approximate surface area is 160 Å². The number of ether oxygens (including phenoxy) is 1. The molecule has 1 saturated heterocycles. The minimum atomic E-state index is 0.156. The van der Waals surface area contributed by atoms with Crippen LogP contribution in [0.25, 0.3) is 10.8 Å². The van der Waals surface area contributed by atoms with Gasteiger partial charge in [0.05, 0.1) is 13.2 Å². The van der Waals surface area contributed by atoms with Crippen LogP contribution in [0.3, 0.4) is 0 Å². The van der Waals surface area contributed by atoms with Crippen LogP contribution in [0, 0.1) is 0 Å². The van der Waals surface area contributed by atoms with Crippen molar-refractivity contribution in [1.29, 1.82) is 0 Å². The van der Waals surface area contributed by atoms with Crippen LogP contribution in [0.5, 0.6) is 0 Å². The van der Waals surface area contributed by atoms with Crippen molar-refractivity contribution in [1.82, 2.24) is 4.90 Å². The zero-order valence-electron chi connectivity index (χ0n) is 15.4. The third-order valence-electron chi connectivity index (χ3n) is 5.71. The molecule has 27 heavy (non-hydrogen) atoms. The van der Waals surface area contributed by atoms with E-state index in [2.05, 4.69) is 82.1 Å². The Morgan fingerprint density at radius 2 is 1.52 bits per heavy atom. The van der Waals surface area contributed by atoms with E-state index >= 15 is 0 Å². The van der Waals surface area contributed by atoms with E-state index in [0.29, 0.717) is 5.94 Å². The molecule has 0 radical (unpaired) electrons. The molecule has 0 amide bonds. The lowest BCUT2D eigenvalue weighted by Gasteiger charge is -2.40. The molecule has 0 bridgehead atoms. The fourth-order valence-corrected chi connectivity index (χ4v) is 4.37. The third kappa shape index (κ3) is 3.29. The Morgan fingerprint density at radius 3 is 2.19 bits per heavy atom. The maximum atomic E-state index is 5.61. The van der Waals surface area contributed by atoms with Crippen molar-refractivity contribution in [2.24, 2.45) is 0 Å². The molecule has 0 aromatic heterocycles. The lowest BCUT2D eigenvalue weighted by Crippen LogP contribution is -2.59. The van der Waals surface area contributed by atoms with Crippen LogP contribution in [-0.2, 0) is 11.2 Å². The van der Waals surface area contributed by atoms with Crippen molar-refractivity contribution in [3.63, 3.8) is 0 Å². The Balaban J connectivity index is 1.48. The topological polar surface area (TPSA) is 36.5 Å². The zero-order valence-corrected chi connectivity index (χ0v) is 15.4. The first-order valence-corrected chi connectivity index (χ1v) is 9.79. The number of rotatable bonds is 4. The molecule has 1 fully saturated rings. The van der Waals surface area contributed by atoms with E-state index in [1.54, 1.807) is 0 Å². The van der Waals surface area contributed by atoms with Crippen LogP contribution < -0.4 is 10.5 Å². The third-order valence-corrected chi connectivity index (χ3v) is 5.71. The predicted molar refractivity (Wildman–Crippen MR) is 113 cm³/mol. The number of benzene rings is 3. The number of nitrogens with zero attached hydrogens (tertiary/aromatic N) is 1. The average molecular weight is 357 g/mol. The monoisotopic (exact) mass is 357 g/mol. The van der Waals surface area contributed by atoms with E-state index in [1.807, 2.05) is 0 Å². The summed E-state index contributed by atoms with van der Waals surface area (Å²) in [6.45, 7) is 3.73. The molecule has 136 valence electrons. The van der Waals surface area contributed by atoms with Gasteiger partial charge in [-0.05, 0) is 29.5 Å². The Kier molecular flexibility index (Phi) is 4.48. The van der Waals surface area contributed by atoms with Gasteiger partial charge >= 0.3 is 6.98 Å². The standard InChI is InChI=1S/C22H24BN3O/c1-2-6-17(7-3-1)16-21(26-12-14-27-15-13-26)23-24-19-10-4-8-18-9-5-11-20(25-23)22(18)19/h1-11,21,24-25H,12-16H2/t21-/m0/s1. The SMILES string of the molecule is c1ccc(C[C@@H](B2Nc3cccc4cccc(c34)N2)N2CCOCC2)cc1. The summed E-state index contributed by atoms with van der Waals surface area (Å²) in [5.74, 6) is 0.347. The van der Waals surface area contributed by atoms with Gasteiger partial charge in [-0.25, -0.2) is 0 Å². The van der Waals surface area contributed by atoms with Gasteiger partial charge in [-0.2, -0.15) is 0 Å². The lowest BCUT2D eigenvalue weighted by molar-refractivity contribution is 0.0302. The Bertz CT molecular complexity index is 886. The minimum absolute atomic E-state index is 0.156. The number of hydrogen-bond acceptors (Lipinski definition) is 4. The largest absolute Gasteiger partial charge is 0.408 e. The maximum Gasteiger partial charge on any atom is 0.388 e. The van der Waals surface area contributed by atoms with Gasteiger partial charge in [0.1, 0.15) is 0 Å². The summed E-state index contributed by atoms with van der Waals surface area (Å²) >= 11 is 0. The normalized spacial score (nSPS) is 18.0. The Morgan fingerprint density at radius 1 is 0.852 bits per heavy atom. The number of anilines is 2. The van der Waals surface area contributed by atoms with Gasteiger partial charge < -0.3 is 15.2 Å². The highest BCUT2D eigenvalue weighted by Gasteiger charge is 2.36. The summed E-state index contributed by atoms with van der Waals surface area (Å²) < 4.78 is 5.61. The molecule has 0 aliphatic carbocycles. The second kappa shape index (κ2) is 7.26. The van der Waals surface area contributed by atoms with Crippen molar-refractivity contribution >= 4 is 29.1 Å². The van der Waals surface area contributed by atoms with E-state index in [9.17, 15) is 0 Å². The van der Waals surface area contributed by atoms with Gasteiger partial charge in [0.15, 0.2) is 0 Å². The van der Waals surface area contributed by atoms with Crippen molar-refractivity contribution < 1.29 is 4.74 Å². The quantitative estimate of drug-likeness (QED) is 0.699. The molecular weight excluding hydrogens is 333 g/mol. The van der Waals surface area contributed by atoms with E-state index in [1.165, 1.54) is 27.7 Å². The van der Waals surface area contributed by atoms with Crippen LogP contribution in [0.1, 0.15) is 5.56 Å². The minimum Gasteiger partial charge on any atom is -0.408 e. The van der Waals surface area contributed by atoms with E-state index in [4.69, 9.17) is 4.74 Å². The van der Waals surface area contributed by atoms with Gasteiger partial charge in [-0.15, -0.1) is 0 Å². The zero-order chi connectivity index (χ0) is 18.1. The molecule has 2 N–H and O–H groups in total. The highest BCUT2D eigenvalue weighted by molar-refractivity contribution is 6.69. The van der Waals surface area contributed by atoms with Crippen molar-refractivity contribution in [3.8, 4) is 0 Å². The summed E-state index contributed by atoms with van der Waals surface area (Å²) in [7, 11) is 0. The van der Waals surface area contributed by atoms with E-state index in [0.717, 1.165) is 32.7 Å². The maximum absolute atomic E-state index is 5.61. The van der Waals surface area contributed by atoms with Gasteiger partial charge in [0.2, 0.25) is 0 Å². The number of hydrogen-bond donors (Lipinski definition) is 2. The van der Waals surface area contributed by atoms with Crippen LogP contribution in [0.15, 0.2) is 66.7 Å². The molecule has 3 aromatic carbocycles. The smallest absolute Gasteiger partial charge is 0.388 e. The molecule has 1 atom stereocenters. The average Bonchev–Trinajstić information content (AvgIpc) is 2.74. The fourth-order valence-electron chi connectivity index (χ4n) is 4.37. The molecule has 0 saturated carbocycles. The van der Waals surface area contributed by atoms with Crippen LogP contribution >= 0.6 is 0 Å². The van der Waals surface area contributed by atoms with Crippen molar-refractivity contribution in [2.45, 2.75) is 12.4 Å².